The van der Waals surface area contributed by atoms with E-state index in [1.165, 1.54) is 6.08 Å². The molecule has 0 fully saturated rings. The Balaban J connectivity index is 1.96. The lowest BCUT2D eigenvalue weighted by molar-refractivity contribution is -0.128. The van der Waals surface area contributed by atoms with Gasteiger partial charge < -0.3 is 9.47 Å². The van der Waals surface area contributed by atoms with Crippen molar-refractivity contribution in [1.29, 1.82) is 0 Å². The number of hydrogen-bond acceptors (Lipinski definition) is 3. The zero-order valence-electron chi connectivity index (χ0n) is 11.5. The van der Waals surface area contributed by atoms with Crippen molar-refractivity contribution in [3.8, 4) is 11.5 Å². The largest absolute Gasteiger partial charge is 0.497 e. The Morgan fingerprint density at radius 1 is 0.950 bits per heavy atom. The van der Waals surface area contributed by atoms with Crippen molar-refractivity contribution < 1.29 is 14.3 Å². The van der Waals surface area contributed by atoms with Gasteiger partial charge in [-0.1, -0.05) is 29.8 Å². The zero-order valence-corrected chi connectivity index (χ0v) is 11.5. The second kappa shape index (κ2) is 6.57. The molecule has 2 aromatic carbocycles. The van der Waals surface area contributed by atoms with Crippen LogP contribution < -0.4 is 9.47 Å². The first-order chi connectivity index (χ1) is 9.67. The molecular weight excluding hydrogens is 252 g/mol. The minimum atomic E-state index is -0.398. The maximum absolute atomic E-state index is 11.7. The van der Waals surface area contributed by atoms with Crippen LogP contribution in [0.15, 0.2) is 54.6 Å². The highest BCUT2D eigenvalue weighted by atomic mass is 16.5. The van der Waals surface area contributed by atoms with Crippen molar-refractivity contribution >= 4 is 12.0 Å². The SMILES string of the molecule is COc1ccc(/C=C/C(=O)Oc2ccc(C)cc2)cc1. The van der Waals surface area contributed by atoms with Crippen molar-refractivity contribution in [3.63, 3.8) is 0 Å². The van der Waals surface area contributed by atoms with Crippen LogP contribution in [0.2, 0.25) is 0 Å². The highest BCUT2D eigenvalue weighted by Gasteiger charge is 2.00. The number of benzene rings is 2. The van der Waals surface area contributed by atoms with Crippen LogP contribution in [-0.2, 0) is 4.79 Å². The van der Waals surface area contributed by atoms with E-state index in [0.717, 1.165) is 16.9 Å². The first-order valence-corrected chi connectivity index (χ1v) is 6.28. The van der Waals surface area contributed by atoms with Gasteiger partial charge in [0.1, 0.15) is 11.5 Å². The van der Waals surface area contributed by atoms with E-state index in [4.69, 9.17) is 9.47 Å². The minimum Gasteiger partial charge on any atom is -0.497 e. The second-order valence-electron chi connectivity index (χ2n) is 4.34. The molecular formula is C17H16O3. The van der Waals surface area contributed by atoms with E-state index >= 15 is 0 Å². The highest BCUT2D eigenvalue weighted by Crippen LogP contribution is 2.14. The van der Waals surface area contributed by atoms with E-state index in [1.807, 2.05) is 43.3 Å². The molecule has 0 atom stereocenters. The first-order valence-electron chi connectivity index (χ1n) is 6.28. The lowest BCUT2D eigenvalue weighted by Crippen LogP contribution is -2.03. The Labute approximate surface area is 118 Å². The standard InChI is InChI=1S/C17H16O3/c1-13-3-8-16(9-4-13)20-17(18)12-7-14-5-10-15(19-2)11-6-14/h3-12H,1-2H3/b12-7+. The lowest BCUT2D eigenvalue weighted by Gasteiger charge is -2.01. The Bertz CT molecular complexity index is 595. The van der Waals surface area contributed by atoms with Crippen LogP contribution in [0.25, 0.3) is 6.08 Å². The third kappa shape index (κ3) is 3.99. The highest BCUT2D eigenvalue weighted by molar-refractivity contribution is 5.88. The van der Waals surface area contributed by atoms with E-state index in [1.54, 1.807) is 25.3 Å². The Hall–Kier alpha value is -2.55. The number of aryl methyl sites for hydroxylation is 1. The summed E-state index contributed by atoms with van der Waals surface area (Å²) in [5.41, 5.74) is 2.03. The van der Waals surface area contributed by atoms with Crippen LogP contribution in [0, 0.1) is 6.92 Å². The van der Waals surface area contributed by atoms with Gasteiger partial charge in [-0.3, -0.25) is 0 Å². The van der Waals surface area contributed by atoms with E-state index in [9.17, 15) is 4.79 Å². The summed E-state index contributed by atoms with van der Waals surface area (Å²) in [4.78, 5) is 11.7. The minimum absolute atomic E-state index is 0.398. The van der Waals surface area contributed by atoms with Gasteiger partial charge in [-0.05, 0) is 42.8 Å². The third-order valence-electron chi connectivity index (χ3n) is 2.77. The number of carbonyl (C=O) groups is 1. The Morgan fingerprint density at radius 2 is 1.55 bits per heavy atom. The number of hydrogen-bond donors (Lipinski definition) is 0. The fourth-order valence-electron chi connectivity index (χ4n) is 1.64. The van der Waals surface area contributed by atoms with Gasteiger partial charge in [-0.2, -0.15) is 0 Å². The molecule has 3 heteroatoms. The topological polar surface area (TPSA) is 35.5 Å². The van der Waals surface area contributed by atoms with Crippen molar-refractivity contribution in [1.82, 2.24) is 0 Å². The average molecular weight is 268 g/mol. The molecule has 3 nitrogen and oxygen atoms in total. The molecule has 0 aliphatic rings. The summed E-state index contributed by atoms with van der Waals surface area (Å²) >= 11 is 0. The lowest BCUT2D eigenvalue weighted by atomic mass is 10.2. The van der Waals surface area contributed by atoms with Crippen molar-refractivity contribution in [2.75, 3.05) is 7.11 Å². The molecule has 0 unspecified atom stereocenters. The van der Waals surface area contributed by atoms with Crippen molar-refractivity contribution in [2.45, 2.75) is 6.92 Å². The van der Waals surface area contributed by atoms with Gasteiger partial charge in [0, 0.05) is 6.08 Å². The number of rotatable bonds is 4. The normalized spacial score (nSPS) is 10.5. The number of esters is 1. The zero-order chi connectivity index (χ0) is 14.4. The molecule has 0 heterocycles. The van der Waals surface area contributed by atoms with Gasteiger partial charge in [-0.15, -0.1) is 0 Å². The Morgan fingerprint density at radius 3 is 2.15 bits per heavy atom. The number of carbonyl (C=O) groups excluding carboxylic acids is 1. The van der Waals surface area contributed by atoms with Gasteiger partial charge in [0.05, 0.1) is 7.11 Å². The van der Waals surface area contributed by atoms with Crippen LogP contribution in [0.4, 0.5) is 0 Å². The van der Waals surface area contributed by atoms with Crippen LogP contribution in [0.1, 0.15) is 11.1 Å². The molecule has 0 amide bonds. The van der Waals surface area contributed by atoms with Crippen LogP contribution in [0.3, 0.4) is 0 Å². The maximum Gasteiger partial charge on any atom is 0.336 e. The van der Waals surface area contributed by atoms with Crippen molar-refractivity contribution in [2.24, 2.45) is 0 Å². The van der Waals surface area contributed by atoms with E-state index in [-0.39, 0.29) is 0 Å². The molecule has 0 aliphatic carbocycles. The maximum atomic E-state index is 11.7. The quantitative estimate of drug-likeness (QED) is 0.482. The van der Waals surface area contributed by atoms with E-state index in [0.29, 0.717) is 5.75 Å². The number of methoxy groups -OCH3 is 1. The Kier molecular flexibility index (Phi) is 4.56. The van der Waals surface area contributed by atoms with Gasteiger partial charge in [0.15, 0.2) is 0 Å². The molecule has 0 saturated carbocycles. The fraction of sp³-hybridized carbons (Fsp3) is 0.118. The summed E-state index contributed by atoms with van der Waals surface area (Å²) in [5.74, 6) is 0.925. The summed E-state index contributed by atoms with van der Waals surface area (Å²) in [6.07, 6.45) is 3.11. The summed E-state index contributed by atoms with van der Waals surface area (Å²) in [7, 11) is 1.61. The first kappa shape index (κ1) is 13.9. The van der Waals surface area contributed by atoms with Gasteiger partial charge >= 0.3 is 5.97 Å². The summed E-state index contributed by atoms with van der Waals surface area (Å²) in [6, 6.07) is 14.8. The summed E-state index contributed by atoms with van der Waals surface area (Å²) < 4.78 is 10.3. The number of ether oxygens (including phenoxy) is 2. The van der Waals surface area contributed by atoms with Crippen LogP contribution >= 0.6 is 0 Å². The molecule has 0 bridgehead atoms. The van der Waals surface area contributed by atoms with E-state index in [2.05, 4.69) is 0 Å². The smallest absolute Gasteiger partial charge is 0.336 e. The second-order valence-corrected chi connectivity index (χ2v) is 4.34. The molecule has 20 heavy (non-hydrogen) atoms. The summed E-state index contributed by atoms with van der Waals surface area (Å²) in [6.45, 7) is 1.98. The van der Waals surface area contributed by atoms with E-state index < -0.39 is 5.97 Å². The predicted octanol–water partition coefficient (Wildman–Crippen LogP) is 3.62. The monoisotopic (exact) mass is 268 g/mol. The van der Waals surface area contributed by atoms with Crippen LogP contribution in [-0.4, -0.2) is 13.1 Å². The molecule has 102 valence electrons. The van der Waals surface area contributed by atoms with Gasteiger partial charge in [0.25, 0.3) is 0 Å². The van der Waals surface area contributed by atoms with Crippen LogP contribution in [0.5, 0.6) is 11.5 Å². The average Bonchev–Trinajstić information content (AvgIpc) is 2.48. The third-order valence-corrected chi connectivity index (χ3v) is 2.77. The molecule has 2 rings (SSSR count). The van der Waals surface area contributed by atoms with Crippen molar-refractivity contribution in [3.05, 3.63) is 65.7 Å². The fourth-order valence-corrected chi connectivity index (χ4v) is 1.64. The molecule has 0 aromatic heterocycles. The molecule has 0 saturated heterocycles. The molecule has 0 N–H and O–H groups in total. The molecule has 2 aromatic rings. The predicted molar refractivity (Wildman–Crippen MR) is 78.8 cm³/mol. The molecule has 0 radical (unpaired) electrons. The summed E-state index contributed by atoms with van der Waals surface area (Å²) in [5, 5.41) is 0. The van der Waals surface area contributed by atoms with Gasteiger partial charge in [-0.25, -0.2) is 4.79 Å². The molecule has 0 spiro atoms. The van der Waals surface area contributed by atoms with Gasteiger partial charge in [0.2, 0.25) is 0 Å². The molecule has 0 aliphatic heterocycles.